The SMILES string of the molecule is CCCC(CN)C(=O)Nc1cc([N+](=O)[O-])ccc1F. The summed E-state index contributed by atoms with van der Waals surface area (Å²) in [5.74, 6) is -1.57. The lowest BCUT2D eigenvalue weighted by Gasteiger charge is -2.14. The van der Waals surface area contributed by atoms with Gasteiger partial charge in [0, 0.05) is 18.7 Å². The van der Waals surface area contributed by atoms with Crippen LogP contribution in [0.4, 0.5) is 15.8 Å². The molecule has 0 aliphatic carbocycles. The van der Waals surface area contributed by atoms with Crippen LogP contribution in [0.15, 0.2) is 18.2 Å². The first-order valence-electron chi connectivity index (χ1n) is 5.94. The second-order valence-electron chi connectivity index (χ2n) is 4.13. The van der Waals surface area contributed by atoms with Crippen LogP contribution in [0, 0.1) is 21.8 Å². The van der Waals surface area contributed by atoms with Crippen LogP contribution in [-0.4, -0.2) is 17.4 Å². The number of nitro benzene ring substituents is 1. The van der Waals surface area contributed by atoms with E-state index in [2.05, 4.69) is 5.32 Å². The Morgan fingerprint density at radius 3 is 2.79 bits per heavy atom. The molecule has 1 amide bonds. The number of amides is 1. The number of halogens is 1. The molecule has 0 fully saturated rings. The fraction of sp³-hybridized carbons (Fsp3) is 0.417. The highest BCUT2D eigenvalue weighted by Gasteiger charge is 2.18. The predicted octanol–water partition coefficient (Wildman–Crippen LogP) is 2.05. The Bertz CT molecular complexity index is 479. The lowest BCUT2D eigenvalue weighted by Crippen LogP contribution is -2.29. The third kappa shape index (κ3) is 3.99. The molecule has 1 aromatic carbocycles. The highest BCUT2D eigenvalue weighted by Crippen LogP contribution is 2.22. The highest BCUT2D eigenvalue weighted by atomic mass is 19.1. The molecule has 1 atom stereocenters. The van der Waals surface area contributed by atoms with Crippen molar-refractivity contribution >= 4 is 17.3 Å². The Kier molecular flexibility index (Phi) is 5.37. The lowest BCUT2D eigenvalue weighted by molar-refractivity contribution is -0.384. The minimum absolute atomic E-state index is 0.149. The predicted molar refractivity (Wildman–Crippen MR) is 69.1 cm³/mol. The van der Waals surface area contributed by atoms with Crippen LogP contribution >= 0.6 is 0 Å². The maximum Gasteiger partial charge on any atom is 0.271 e. The Hall–Kier alpha value is -2.02. The molecule has 104 valence electrons. The topological polar surface area (TPSA) is 98.3 Å². The van der Waals surface area contributed by atoms with Crippen molar-refractivity contribution in [3.05, 3.63) is 34.1 Å². The molecule has 1 rings (SSSR count). The molecule has 1 unspecified atom stereocenters. The summed E-state index contributed by atoms with van der Waals surface area (Å²) in [4.78, 5) is 21.8. The average molecular weight is 269 g/mol. The number of anilines is 1. The van der Waals surface area contributed by atoms with Gasteiger partial charge in [-0.1, -0.05) is 13.3 Å². The van der Waals surface area contributed by atoms with Crippen LogP contribution in [0.1, 0.15) is 19.8 Å². The summed E-state index contributed by atoms with van der Waals surface area (Å²) in [6, 6.07) is 2.98. The molecule has 0 aromatic heterocycles. The quantitative estimate of drug-likeness (QED) is 0.610. The molecular weight excluding hydrogens is 253 g/mol. The second kappa shape index (κ2) is 6.79. The molecule has 19 heavy (non-hydrogen) atoms. The van der Waals surface area contributed by atoms with E-state index in [1.807, 2.05) is 6.92 Å². The van der Waals surface area contributed by atoms with Crippen molar-refractivity contribution < 1.29 is 14.1 Å². The zero-order valence-electron chi connectivity index (χ0n) is 10.6. The minimum atomic E-state index is -0.716. The molecule has 0 aliphatic rings. The first kappa shape index (κ1) is 15.0. The molecule has 0 heterocycles. The second-order valence-corrected chi connectivity index (χ2v) is 4.13. The van der Waals surface area contributed by atoms with Crippen molar-refractivity contribution in [3.63, 3.8) is 0 Å². The maximum atomic E-state index is 13.5. The van der Waals surface area contributed by atoms with Gasteiger partial charge in [-0.05, 0) is 12.5 Å². The van der Waals surface area contributed by atoms with Gasteiger partial charge in [-0.15, -0.1) is 0 Å². The summed E-state index contributed by atoms with van der Waals surface area (Å²) >= 11 is 0. The standard InChI is InChI=1S/C12H16FN3O3/c1-2-3-8(7-14)12(17)15-11-6-9(16(18)19)4-5-10(11)13/h4-6,8H,2-3,7,14H2,1H3,(H,15,17). The maximum absolute atomic E-state index is 13.5. The first-order valence-corrected chi connectivity index (χ1v) is 5.94. The number of carbonyl (C=O) groups excluding carboxylic acids is 1. The van der Waals surface area contributed by atoms with Gasteiger partial charge in [0.25, 0.3) is 5.69 Å². The average Bonchev–Trinajstić information content (AvgIpc) is 2.38. The van der Waals surface area contributed by atoms with E-state index in [0.29, 0.717) is 6.42 Å². The minimum Gasteiger partial charge on any atom is -0.330 e. The van der Waals surface area contributed by atoms with Gasteiger partial charge in [0.1, 0.15) is 5.82 Å². The van der Waals surface area contributed by atoms with Gasteiger partial charge in [0.05, 0.1) is 16.5 Å². The van der Waals surface area contributed by atoms with E-state index in [9.17, 15) is 19.3 Å². The number of non-ortho nitro benzene ring substituents is 1. The number of nitrogens with one attached hydrogen (secondary N) is 1. The summed E-state index contributed by atoms with van der Waals surface area (Å²) < 4.78 is 13.5. The van der Waals surface area contributed by atoms with E-state index in [1.54, 1.807) is 0 Å². The molecule has 0 aliphatic heterocycles. The van der Waals surface area contributed by atoms with Crippen molar-refractivity contribution in [2.24, 2.45) is 11.7 Å². The van der Waals surface area contributed by atoms with Gasteiger partial charge in [-0.2, -0.15) is 0 Å². The number of hydrogen-bond acceptors (Lipinski definition) is 4. The fourth-order valence-electron chi connectivity index (χ4n) is 1.66. The van der Waals surface area contributed by atoms with Gasteiger partial charge in [-0.25, -0.2) is 4.39 Å². The van der Waals surface area contributed by atoms with Crippen molar-refractivity contribution in [1.29, 1.82) is 0 Å². The number of hydrogen-bond donors (Lipinski definition) is 2. The van der Waals surface area contributed by atoms with Gasteiger partial charge in [0.15, 0.2) is 0 Å². The zero-order chi connectivity index (χ0) is 14.4. The van der Waals surface area contributed by atoms with E-state index >= 15 is 0 Å². The first-order chi connectivity index (χ1) is 8.99. The van der Waals surface area contributed by atoms with Crippen LogP contribution in [0.2, 0.25) is 0 Å². The van der Waals surface area contributed by atoms with Crippen LogP contribution in [0.5, 0.6) is 0 Å². The number of benzene rings is 1. The molecule has 0 saturated carbocycles. The molecule has 0 saturated heterocycles. The number of carbonyl (C=O) groups is 1. The summed E-state index contributed by atoms with van der Waals surface area (Å²) in [6.45, 7) is 2.06. The van der Waals surface area contributed by atoms with Gasteiger partial charge >= 0.3 is 0 Å². The van der Waals surface area contributed by atoms with Crippen LogP contribution in [0.3, 0.4) is 0 Å². The lowest BCUT2D eigenvalue weighted by atomic mass is 10.0. The van der Waals surface area contributed by atoms with Gasteiger partial charge < -0.3 is 11.1 Å². The summed E-state index contributed by atoms with van der Waals surface area (Å²) in [5, 5.41) is 12.9. The van der Waals surface area contributed by atoms with Gasteiger partial charge in [0.2, 0.25) is 5.91 Å². The van der Waals surface area contributed by atoms with Crippen molar-refractivity contribution in [2.45, 2.75) is 19.8 Å². The summed E-state index contributed by atoms with van der Waals surface area (Å²) in [5.41, 5.74) is 4.99. The molecule has 0 radical (unpaired) electrons. The van der Waals surface area contributed by atoms with Crippen LogP contribution in [0.25, 0.3) is 0 Å². The normalized spacial score (nSPS) is 11.9. The zero-order valence-corrected chi connectivity index (χ0v) is 10.6. The molecular formula is C12H16FN3O3. The molecule has 3 N–H and O–H groups in total. The monoisotopic (exact) mass is 269 g/mol. The third-order valence-corrected chi connectivity index (χ3v) is 2.71. The number of nitro groups is 1. The Morgan fingerprint density at radius 2 is 2.26 bits per heavy atom. The number of nitrogens with zero attached hydrogens (tertiary/aromatic N) is 1. The molecule has 7 heteroatoms. The Balaban J connectivity index is 2.89. The summed E-state index contributed by atoms with van der Waals surface area (Å²) in [6.07, 6.45) is 1.35. The van der Waals surface area contributed by atoms with E-state index in [1.165, 1.54) is 0 Å². The van der Waals surface area contributed by atoms with E-state index in [4.69, 9.17) is 5.73 Å². The van der Waals surface area contributed by atoms with Gasteiger partial charge in [-0.3, -0.25) is 14.9 Å². The summed E-state index contributed by atoms with van der Waals surface area (Å²) in [7, 11) is 0. The van der Waals surface area contributed by atoms with Crippen LogP contribution in [-0.2, 0) is 4.79 Å². The third-order valence-electron chi connectivity index (χ3n) is 2.71. The van der Waals surface area contributed by atoms with Crippen molar-refractivity contribution in [2.75, 3.05) is 11.9 Å². The molecule has 0 bridgehead atoms. The Labute approximate surface area is 109 Å². The number of rotatable bonds is 6. The smallest absolute Gasteiger partial charge is 0.271 e. The largest absolute Gasteiger partial charge is 0.330 e. The van der Waals surface area contributed by atoms with Crippen LogP contribution < -0.4 is 11.1 Å². The fourth-order valence-corrected chi connectivity index (χ4v) is 1.66. The highest BCUT2D eigenvalue weighted by molar-refractivity contribution is 5.93. The number of nitrogens with two attached hydrogens (primary N) is 1. The van der Waals surface area contributed by atoms with Crippen molar-refractivity contribution in [1.82, 2.24) is 0 Å². The van der Waals surface area contributed by atoms with E-state index < -0.39 is 22.6 Å². The molecule has 6 nitrogen and oxygen atoms in total. The molecule has 1 aromatic rings. The molecule has 0 spiro atoms. The Morgan fingerprint density at radius 1 is 1.58 bits per heavy atom. The van der Waals surface area contributed by atoms with E-state index in [0.717, 1.165) is 24.6 Å². The van der Waals surface area contributed by atoms with E-state index in [-0.39, 0.29) is 17.9 Å². The van der Waals surface area contributed by atoms with Crippen molar-refractivity contribution in [3.8, 4) is 0 Å².